The maximum absolute atomic E-state index is 6.15. The van der Waals surface area contributed by atoms with Gasteiger partial charge in [0.05, 0.1) is 11.2 Å². The molecular weight excluding hydrogens is 268 g/mol. The molecule has 1 aliphatic rings. The first kappa shape index (κ1) is 13.6. The first-order valence-corrected chi connectivity index (χ1v) is 8.11. The molecule has 1 aromatic heterocycles. The van der Waals surface area contributed by atoms with Crippen molar-refractivity contribution in [3.8, 4) is 5.75 Å². The largest absolute Gasteiger partial charge is 0.484 e. The standard InChI is InChI=1S/C16H20N2OS/c1-3-6-17-13-8-16(14-9-20-10-18-14)19-15-5-4-11(2)7-12(13)15/h4-5,7,9-10,13,16-17H,3,6,8H2,1-2H3. The molecule has 1 N–H and O–H groups in total. The van der Waals surface area contributed by atoms with Gasteiger partial charge in [-0.3, -0.25) is 0 Å². The van der Waals surface area contributed by atoms with Crippen molar-refractivity contribution < 1.29 is 4.74 Å². The molecule has 2 aromatic rings. The average molecular weight is 288 g/mol. The van der Waals surface area contributed by atoms with Crippen LogP contribution in [0.1, 0.15) is 48.7 Å². The van der Waals surface area contributed by atoms with Crippen LogP contribution in [0.25, 0.3) is 0 Å². The Morgan fingerprint density at radius 1 is 1.45 bits per heavy atom. The van der Waals surface area contributed by atoms with E-state index in [1.807, 2.05) is 5.51 Å². The summed E-state index contributed by atoms with van der Waals surface area (Å²) in [7, 11) is 0. The maximum atomic E-state index is 6.15. The Hall–Kier alpha value is -1.39. The van der Waals surface area contributed by atoms with Crippen molar-refractivity contribution in [3.63, 3.8) is 0 Å². The molecule has 0 aliphatic carbocycles. The van der Waals surface area contributed by atoms with Crippen molar-refractivity contribution in [3.05, 3.63) is 45.9 Å². The minimum atomic E-state index is 0.0609. The van der Waals surface area contributed by atoms with Crippen LogP contribution in [-0.2, 0) is 0 Å². The number of rotatable bonds is 4. The van der Waals surface area contributed by atoms with Crippen LogP contribution >= 0.6 is 11.3 Å². The zero-order chi connectivity index (χ0) is 13.9. The fourth-order valence-electron chi connectivity index (χ4n) is 2.66. The predicted octanol–water partition coefficient (Wildman–Crippen LogP) is 4.02. The Kier molecular flexibility index (Phi) is 4.03. The highest BCUT2D eigenvalue weighted by atomic mass is 32.1. The smallest absolute Gasteiger partial charge is 0.143 e. The van der Waals surface area contributed by atoms with E-state index in [-0.39, 0.29) is 6.10 Å². The lowest BCUT2D eigenvalue weighted by Crippen LogP contribution is -2.29. The Bertz CT molecular complexity index is 568. The predicted molar refractivity (Wildman–Crippen MR) is 82.3 cm³/mol. The third-order valence-electron chi connectivity index (χ3n) is 3.68. The molecule has 3 rings (SSSR count). The van der Waals surface area contributed by atoms with Gasteiger partial charge in [0.15, 0.2) is 0 Å². The van der Waals surface area contributed by atoms with Crippen molar-refractivity contribution >= 4 is 11.3 Å². The van der Waals surface area contributed by atoms with Crippen LogP contribution in [0.5, 0.6) is 5.75 Å². The third kappa shape index (κ3) is 2.72. The third-order valence-corrected chi connectivity index (χ3v) is 4.29. The molecule has 20 heavy (non-hydrogen) atoms. The fourth-order valence-corrected chi connectivity index (χ4v) is 3.26. The van der Waals surface area contributed by atoms with Gasteiger partial charge in [-0.2, -0.15) is 0 Å². The van der Waals surface area contributed by atoms with Gasteiger partial charge in [-0.25, -0.2) is 4.98 Å². The van der Waals surface area contributed by atoms with Crippen LogP contribution in [0.3, 0.4) is 0 Å². The highest BCUT2D eigenvalue weighted by molar-refractivity contribution is 7.07. The molecule has 0 saturated heterocycles. The van der Waals surface area contributed by atoms with Gasteiger partial charge < -0.3 is 10.1 Å². The number of nitrogens with one attached hydrogen (secondary N) is 1. The maximum Gasteiger partial charge on any atom is 0.143 e. The van der Waals surface area contributed by atoms with Gasteiger partial charge in [-0.1, -0.05) is 24.6 Å². The number of fused-ring (bicyclic) bond motifs is 1. The van der Waals surface area contributed by atoms with Gasteiger partial charge >= 0.3 is 0 Å². The van der Waals surface area contributed by atoms with E-state index in [4.69, 9.17) is 4.74 Å². The number of nitrogens with zero attached hydrogens (tertiary/aromatic N) is 1. The molecule has 106 valence electrons. The summed E-state index contributed by atoms with van der Waals surface area (Å²) in [5.74, 6) is 0.994. The van der Waals surface area contributed by atoms with Crippen molar-refractivity contribution in [2.24, 2.45) is 0 Å². The SMILES string of the molecule is CCCNC1CC(c2cscn2)Oc2ccc(C)cc21. The minimum absolute atomic E-state index is 0.0609. The van der Waals surface area contributed by atoms with Crippen molar-refractivity contribution in [1.82, 2.24) is 10.3 Å². The first-order valence-electron chi connectivity index (χ1n) is 7.16. The molecule has 0 amide bonds. The molecule has 0 bridgehead atoms. The molecule has 0 radical (unpaired) electrons. The topological polar surface area (TPSA) is 34.2 Å². The molecule has 2 atom stereocenters. The molecular formula is C16H20N2OS. The highest BCUT2D eigenvalue weighted by Gasteiger charge is 2.29. The lowest BCUT2D eigenvalue weighted by atomic mass is 9.94. The van der Waals surface area contributed by atoms with E-state index < -0.39 is 0 Å². The average Bonchev–Trinajstić information content (AvgIpc) is 2.99. The quantitative estimate of drug-likeness (QED) is 0.922. The van der Waals surface area contributed by atoms with E-state index >= 15 is 0 Å². The van der Waals surface area contributed by atoms with E-state index in [0.29, 0.717) is 6.04 Å². The monoisotopic (exact) mass is 288 g/mol. The van der Waals surface area contributed by atoms with Crippen LogP contribution in [-0.4, -0.2) is 11.5 Å². The fraction of sp³-hybridized carbons (Fsp3) is 0.438. The summed E-state index contributed by atoms with van der Waals surface area (Å²) in [6.45, 7) is 5.35. The van der Waals surface area contributed by atoms with Crippen LogP contribution in [0, 0.1) is 6.92 Å². The zero-order valence-electron chi connectivity index (χ0n) is 11.9. The number of hydrogen-bond donors (Lipinski definition) is 1. The minimum Gasteiger partial charge on any atom is -0.484 e. The van der Waals surface area contributed by atoms with E-state index in [2.05, 4.69) is 47.7 Å². The number of hydrogen-bond acceptors (Lipinski definition) is 4. The van der Waals surface area contributed by atoms with E-state index in [1.165, 1.54) is 11.1 Å². The Morgan fingerprint density at radius 3 is 3.10 bits per heavy atom. The molecule has 0 saturated carbocycles. The summed E-state index contributed by atoms with van der Waals surface area (Å²) in [4.78, 5) is 4.41. The van der Waals surface area contributed by atoms with Gasteiger partial charge in [0.25, 0.3) is 0 Å². The van der Waals surface area contributed by atoms with Crippen molar-refractivity contribution in [1.29, 1.82) is 0 Å². The van der Waals surface area contributed by atoms with Gasteiger partial charge in [-0.05, 0) is 26.0 Å². The van der Waals surface area contributed by atoms with Crippen LogP contribution in [0.4, 0.5) is 0 Å². The summed E-state index contributed by atoms with van der Waals surface area (Å²) >= 11 is 1.62. The van der Waals surface area contributed by atoms with Gasteiger partial charge in [-0.15, -0.1) is 11.3 Å². The molecule has 3 nitrogen and oxygen atoms in total. The lowest BCUT2D eigenvalue weighted by molar-refractivity contribution is 0.148. The lowest BCUT2D eigenvalue weighted by Gasteiger charge is -2.32. The second-order valence-corrected chi connectivity index (χ2v) is 6.02. The van der Waals surface area contributed by atoms with E-state index in [0.717, 1.165) is 30.8 Å². The first-order chi connectivity index (χ1) is 9.78. The van der Waals surface area contributed by atoms with Gasteiger partial charge in [0.2, 0.25) is 0 Å². The summed E-state index contributed by atoms with van der Waals surface area (Å²) in [5.41, 5.74) is 5.48. The Balaban J connectivity index is 1.90. The van der Waals surface area contributed by atoms with Crippen LogP contribution < -0.4 is 10.1 Å². The van der Waals surface area contributed by atoms with Gasteiger partial charge in [0.1, 0.15) is 11.9 Å². The molecule has 2 heterocycles. The van der Waals surface area contributed by atoms with E-state index in [9.17, 15) is 0 Å². The van der Waals surface area contributed by atoms with Crippen LogP contribution in [0.15, 0.2) is 29.1 Å². The Morgan fingerprint density at radius 2 is 2.35 bits per heavy atom. The number of thiazole rings is 1. The summed E-state index contributed by atoms with van der Waals surface area (Å²) in [6, 6.07) is 6.79. The van der Waals surface area contributed by atoms with Crippen molar-refractivity contribution in [2.75, 3.05) is 6.54 Å². The molecule has 4 heteroatoms. The number of ether oxygens (including phenoxy) is 1. The second-order valence-electron chi connectivity index (χ2n) is 5.30. The van der Waals surface area contributed by atoms with E-state index in [1.54, 1.807) is 11.3 Å². The Labute approximate surface area is 124 Å². The summed E-state index contributed by atoms with van der Waals surface area (Å²) in [6.07, 6.45) is 2.14. The zero-order valence-corrected chi connectivity index (χ0v) is 12.7. The number of aromatic nitrogens is 1. The van der Waals surface area contributed by atoms with Crippen molar-refractivity contribution in [2.45, 2.75) is 38.8 Å². The normalized spacial score (nSPS) is 21.3. The summed E-state index contributed by atoms with van der Waals surface area (Å²) in [5, 5.41) is 5.73. The summed E-state index contributed by atoms with van der Waals surface area (Å²) < 4.78 is 6.15. The highest BCUT2D eigenvalue weighted by Crippen LogP contribution is 2.40. The molecule has 1 aliphatic heterocycles. The molecule has 0 fully saturated rings. The number of benzene rings is 1. The second kappa shape index (κ2) is 5.94. The molecule has 2 unspecified atom stereocenters. The van der Waals surface area contributed by atoms with Gasteiger partial charge in [0, 0.05) is 23.4 Å². The number of aryl methyl sites for hydroxylation is 1. The molecule has 0 spiro atoms. The van der Waals surface area contributed by atoms with Crippen LogP contribution in [0.2, 0.25) is 0 Å². The molecule has 1 aromatic carbocycles.